The molecule has 3 rings (SSSR count). The van der Waals surface area contributed by atoms with E-state index in [4.69, 9.17) is 9.73 Å². The van der Waals surface area contributed by atoms with Gasteiger partial charge in [-0.15, -0.1) is 24.0 Å². The molecule has 0 radical (unpaired) electrons. The predicted molar refractivity (Wildman–Crippen MR) is 128 cm³/mol. The predicted octanol–water partition coefficient (Wildman–Crippen LogP) is 4.16. The van der Waals surface area contributed by atoms with Crippen LogP contribution in [0.15, 0.2) is 23.2 Å². The van der Waals surface area contributed by atoms with Crippen LogP contribution in [0.2, 0.25) is 0 Å². The summed E-state index contributed by atoms with van der Waals surface area (Å²) < 4.78 is 18.9. The number of piperidine rings is 1. The van der Waals surface area contributed by atoms with Gasteiger partial charge in [0, 0.05) is 38.8 Å². The molecule has 1 aliphatic heterocycles. The molecule has 1 saturated carbocycles. The zero-order valence-corrected chi connectivity index (χ0v) is 20.1. The Kier molecular flexibility index (Phi) is 10.5. The van der Waals surface area contributed by atoms with Crippen LogP contribution >= 0.6 is 24.0 Å². The van der Waals surface area contributed by atoms with Gasteiger partial charge in [-0.1, -0.05) is 18.9 Å². The molecular formula is C22H36FIN4O. The quantitative estimate of drug-likeness (QED) is 0.223. The van der Waals surface area contributed by atoms with Crippen molar-refractivity contribution in [3.63, 3.8) is 0 Å². The second-order valence-corrected chi connectivity index (χ2v) is 8.01. The molecule has 1 aromatic carbocycles. The maximum atomic E-state index is 13.9. The summed E-state index contributed by atoms with van der Waals surface area (Å²) in [5, 5.41) is 6.98. The SMILES string of the molecule is CCNC(=NCCCC1CC1)NC1CCN(Cc2ccc(OC)c(F)c2)CC1.I. The second-order valence-electron chi connectivity index (χ2n) is 8.01. The van der Waals surface area contributed by atoms with Gasteiger partial charge in [-0.2, -0.15) is 0 Å². The molecule has 0 atom stereocenters. The monoisotopic (exact) mass is 518 g/mol. The van der Waals surface area contributed by atoms with Crippen molar-refractivity contribution in [2.45, 2.75) is 58.0 Å². The highest BCUT2D eigenvalue weighted by atomic mass is 127. The molecule has 0 aromatic heterocycles. The summed E-state index contributed by atoms with van der Waals surface area (Å²) in [4.78, 5) is 7.14. The lowest BCUT2D eigenvalue weighted by Crippen LogP contribution is -2.48. The molecular weight excluding hydrogens is 482 g/mol. The van der Waals surface area contributed by atoms with Crippen LogP contribution < -0.4 is 15.4 Å². The van der Waals surface area contributed by atoms with E-state index in [1.54, 1.807) is 12.1 Å². The Balaban J connectivity index is 0.00000300. The number of likely N-dealkylation sites (tertiary alicyclic amines) is 1. The number of halogens is 2. The third-order valence-corrected chi connectivity index (χ3v) is 5.63. The molecule has 7 heteroatoms. The second kappa shape index (κ2) is 12.6. The molecule has 0 spiro atoms. The van der Waals surface area contributed by atoms with Gasteiger partial charge in [0.2, 0.25) is 0 Å². The number of rotatable bonds is 9. The van der Waals surface area contributed by atoms with E-state index in [1.807, 2.05) is 6.07 Å². The Hall–Kier alpha value is -1.09. The van der Waals surface area contributed by atoms with E-state index in [-0.39, 0.29) is 29.8 Å². The smallest absolute Gasteiger partial charge is 0.191 e. The number of ether oxygens (including phenoxy) is 1. The van der Waals surface area contributed by atoms with Crippen molar-refractivity contribution in [3.8, 4) is 5.75 Å². The van der Waals surface area contributed by atoms with Gasteiger partial charge in [0.1, 0.15) is 0 Å². The van der Waals surface area contributed by atoms with Gasteiger partial charge in [0.15, 0.2) is 17.5 Å². The number of hydrogen-bond donors (Lipinski definition) is 2. The van der Waals surface area contributed by atoms with E-state index in [0.717, 1.165) is 63.0 Å². The maximum absolute atomic E-state index is 13.9. The molecule has 29 heavy (non-hydrogen) atoms. The molecule has 1 aromatic rings. The summed E-state index contributed by atoms with van der Waals surface area (Å²) in [6.45, 7) is 6.70. The summed E-state index contributed by atoms with van der Waals surface area (Å²) in [6, 6.07) is 5.69. The van der Waals surface area contributed by atoms with Crippen molar-refractivity contribution in [2.75, 3.05) is 33.3 Å². The first-order valence-electron chi connectivity index (χ1n) is 10.8. The van der Waals surface area contributed by atoms with Crippen molar-refractivity contribution in [1.29, 1.82) is 0 Å². The molecule has 0 bridgehead atoms. The normalized spacial score (nSPS) is 18.2. The average Bonchev–Trinajstić information content (AvgIpc) is 3.51. The molecule has 0 amide bonds. The van der Waals surface area contributed by atoms with Gasteiger partial charge in [0.25, 0.3) is 0 Å². The number of guanidine groups is 1. The lowest BCUT2D eigenvalue weighted by Gasteiger charge is -2.33. The number of nitrogens with zero attached hydrogens (tertiary/aromatic N) is 2. The molecule has 2 aliphatic rings. The van der Waals surface area contributed by atoms with Gasteiger partial charge in [-0.3, -0.25) is 9.89 Å². The van der Waals surface area contributed by atoms with Crippen molar-refractivity contribution < 1.29 is 9.13 Å². The van der Waals surface area contributed by atoms with Crippen LogP contribution in [0.5, 0.6) is 5.75 Å². The highest BCUT2D eigenvalue weighted by Crippen LogP contribution is 2.33. The van der Waals surface area contributed by atoms with Crippen LogP contribution in [0.4, 0.5) is 4.39 Å². The summed E-state index contributed by atoms with van der Waals surface area (Å²) in [5.74, 6) is 1.95. The molecule has 2 fully saturated rings. The number of hydrogen-bond acceptors (Lipinski definition) is 3. The van der Waals surface area contributed by atoms with Gasteiger partial charge in [-0.25, -0.2) is 4.39 Å². The summed E-state index contributed by atoms with van der Waals surface area (Å²) in [5.41, 5.74) is 0.996. The molecule has 5 nitrogen and oxygen atoms in total. The number of benzene rings is 1. The van der Waals surface area contributed by atoms with Crippen LogP contribution in [-0.2, 0) is 6.54 Å². The standard InChI is InChI=1S/C22H35FN4O.HI/c1-3-24-22(25-12-4-5-17-6-7-17)26-19-10-13-27(14-11-19)16-18-8-9-21(28-2)20(23)15-18;/h8-9,15,17,19H,3-7,10-14,16H2,1-2H3,(H2,24,25,26);1H. The zero-order chi connectivity index (χ0) is 19.8. The summed E-state index contributed by atoms with van der Waals surface area (Å²) in [6.07, 6.45) is 7.51. The zero-order valence-electron chi connectivity index (χ0n) is 17.8. The Morgan fingerprint density at radius 1 is 1.24 bits per heavy atom. The van der Waals surface area contributed by atoms with Crippen LogP contribution in [0.3, 0.4) is 0 Å². The van der Waals surface area contributed by atoms with E-state index in [0.29, 0.717) is 11.8 Å². The van der Waals surface area contributed by atoms with Gasteiger partial charge >= 0.3 is 0 Å². The Morgan fingerprint density at radius 2 is 2.00 bits per heavy atom. The molecule has 0 unspecified atom stereocenters. The number of nitrogens with one attached hydrogen (secondary N) is 2. The van der Waals surface area contributed by atoms with Crippen molar-refractivity contribution in [3.05, 3.63) is 29.6 Å². The van der Waals surface area contributed by atoms with E-state index in [1.165, 1.54) is 32.8 Å². The first-order chi connectivity index (χ1) is 13.7. The van der Waals surface area contributed by atoms with Gasteiger partial charge in [-0.05, 0) is 56.2 Å². The number of methoxy groups -OCH3 is 1. The minimum absolute atomic E-state index is 0. The average molecular weight is 518 g/mol. The molecule has 1 saturated heterocycles. The van der Waals surface area contributed by atoms with E-state index >= 15 is 0 Å². The van der Waals surface area contributed by atoms with Crippen molar-refractivity contribution in [1.82, 2.24) is 15.5 Å². The largest absolute Gasteiger partial charge is 0.494 e. The van der Waals surface area contributed by atoms with E-state index in [2.05, 4.69) is 22.5 Å². The fourth-order valence-corrected chi connectivity index (χ4v) is 3.79. The van der Waals surface area contributed by atoms with Crippen molar-refractivity contribution >= 4 is 29.9 Å². The van der Waals surface area contributed by atoms with Crippen LogP contribution in [0.1, 0.15) is 51.0 Å². The third-order valence-electron chi connectivity index (χ3n) is 5.63. The molecule has 1 aliphatic carbocycles. The first-order valence-corrected chi connectivity index (χ1v) is 10.8. The van der Waals surface area contributed by atoms with Gasteiger partial charge in [0.05, 0.1) is 7.11 Å². The lowest BCUT2D eigenvalue weighted by molar-refractivity contribution is 0.198. The van der Waals surface area contributed by atoms with Crippen LogP contribution in [-0.4, -0.2) is 50.2 Å². The lowest BCUT2D eigenvalue weighted by atomic mass is 10.0. The Bertz CT molecular complexity index is 646. The van der Waals surface area contributed by atoms with Crippen LogP contribution in [0, 0.1) is 11.7 Å². The Labute approximate surface area is 191 Å². The number of aliphatic imine (C=N–C) groups is 1. The minimum Gasteiger partial charge on any atom is -0.494 e. The topological polar surface area (TPSA) is 48.9 Å². The fourth-order valence-electron chi connectivity index (χ4n) is 3.79. The first kappa shape index (κ1) is 24.2. The van der Waals surface area contributed by atoms with Crippen molar-refractivity contribution in [2.24, 2.45) is 10.9 Å². The highest BCUT2D eigenvalue weighted by Gasteiger charge is 2.21. The molecule has 2 N–H and O–H groups in total. The van der Waals surface area contributed by atoms with Gasteiger partial charge < -0.3 is 15.4 Å². The third kappa shape index (κ3) is 8.28. The molecule has 1 heterocycles. The fraction of sp³-hybridized carbons (Fsp3) is 0.682. The van der Waals surface area contributed by atoms with E-state index in [9.17, 15) is 4.39 Å². The minimum atomic E-state index is -0.287. The summed E-state index contributed by atoms with van der Waals surface area (Å²) >= 11 is 0. The maximum Gasteiger partial charge on any atom is 0.191 e. The van der Waals surface area contributed by atoms with Crippen LogP contribution in [0.25, 0.3) is 0 Å². The summed E-state index contributed by atoms with van der Waals surface area (Å²) in [7, 11) is 1.49. The Morgan fingerprint density at radius 3 is 2.62 bits per heavy atom. The molecule has 164 valence electrons. The van der Waals surface area contributed by atoms with E-state index < -0.39 is 0 Å². The highest BCUT2D eigenvalue weighted by molar-refractivity contribution is 14.0.